The normalized spacial score (nSPS) is 28.1. The highest BCUT2D eigenvalue weighted by Gasteiger charge is 2.42. The molecule has 1 aromatic carbocycles. The minimum absolute atomic E-state index is 0.124. The van der Waals surface area contributed by atoms with Gasteiger partial charge in [0.1, 0.15) is 0 Å². The molecule has 0 aliphatic carbocycles. The van der Waals surface area contributed by atoms with Gasteiger partial charge in [-0.1, -0.05) is 25.1 Å². The van der Waals surface area contributed by atoms with E-state index in [0.29, 0.717) is 5.25 Å². The lowest BCUT2D eigenvalue weighted by Gasteiger charge is -2.50. The molecule has 100 valence electrons. The van der Waals surface area contributed by atoms with E-state index in [9.17, 15) is 0 Å². The highest BCUT2D eigenvalue weighted by molar-refractivity contribution is 8.00. The van der Waals surface area contributed by atoms with Crippen molar-refractivity contribution >= 4 is 17.4 Å². The molecule has 0 radical (unpaired) electrons. The third-order valence-corrected chi connectivity index (χ3v) is 5.62. The average molecular weight is 264 g/mol. The van der Waals surface area contributed by atoms with E-state index in [1.54, 1.807) is 0 Å². The van der Waals surface area contributed by atoms with Gasteiger partial charge in [-0.2, -0.15) is 11.8 Å². The Hall–Kier alpha value is -0.670. The molecule has 1 heterocycles. The lowest BCUT2D eigenvalue weighted by atomic mass is 9.87. The van der Waals surface area contributed by atoms with E-state index in [4.69, 9.17) is 5.73 Å². The van der Waals surface area contributed by atoms with Gasteiger partial charge in [0.2, 0.25) is 0 Å². The molecule has 0 saturated carbocycles. The molecule has 0 amide bonds. The summed E-state index contributed by atoms with van der Waals surface area (Å²) in [4.78, 5) is 2.52. The van der Waals surface area contributed by atoms with Crippen molar-refractivity contribution in [2.45, 2.75) is 37.5 Å². The Balaban J connectivity index is 2.34. The summed E-state index contributed by atoms with van der Waals surface area (Å²) < 4.78 is 0. The number of benzene rings is 1. The standard InChI is InChI=1S/C15H24N2S/c1-3-17(14-8-5-4-6-9-14)15(12-16)10-7-11-18-13(15)2/h4-6,8-9,13H,3,7,10-12,16H2,1-2H3. The number of hydrogen-bond acceptors (Lipinski definition) is 3. The Labute approximate surface area is 115 Å². The number of rotatable bonds is 4. The number of anilines is 1. The first-order chi connectivity index (χ1) is 8.74. The molecule has 1 aliphatic heterocycles. The Bertz CT molecular complexity index is 368. The fraction of sp³-hybridized carbons (Fsp3) is 0.600. The van der Waals surface area contributed by atoms with E-state index >= 15 is 0 Å². The van der Waals surface area contributed by atoms with Crippen LogP contribution in [0.15, 0.2) is 30.3 Å². The second-order valence-corrected chi connectivity index (χ2v) is 6.45. The molecule has 1 aliphatic rings. The molecule has 2 unspecified atom stereocenters. The van der Waals surface area contributed by atoms with Gasteiger partial charge >= 0.3 is 0 Å². The van der Waals surface area contributed by atoms with Gasteiger partial charge in [0.25, 0.3) is 0 Å². The molecule has 2 rings (SSSR count). The fourth-order valence-electron chi connectivity index (χ4n) is 3.09. The van der Waals surface area contributed by atoms with Crippen LogP contribution in [-0.2, 0) is 0 Å². The van der Waals surface area contributed by atoms with Gasteiger partial charge in [-0.05, 0) is 37.7 Å². The third kappa shape index (κ3) is 2.39. The predicted octanol–water partition coefficient (Wildman–Crippen LogP) is 3.13. The summed E-state index contributed by atoms with van der Waals surface area (Å²) in [5.41, 5.74) is 7.62. The van der Waals surface area contributed by atoms with E-state index in [-0.39, 0.29) is 5.54 Å². The number of hydrogen-bond donors (Lipinski definition) is 1. The van der Waals surface area contributed by atoms with Gasteiger partial charge in [0.05, 0.1) is 5.54 Å². The molecule has 1 fully saturated rings. The summed E-state index contributed by atoms with van der Waals surface area (Å²) in [7, 11) is 0. The van der Waals surface area contributed by atoms with E-state index in [2.05, 4.69) is 60.8 Å². The Kier molecular flexibility index (Phi) is 4.57. The van der Waals surface area contributed by atoms with Crippen LogP contribution in [0.25, 0.3) is 0 Å². The maximum atomic E-state index is 6.19. The molecule has 2 nitrogen and oxygen atoms in total. The summed E-state index contributed by atoms with van der Waals surface area (Å²) in [5, 5.41) is 0.594. The molecule has 3 heteroatoms. The Morgan fingerprint density at radius 2 is 2.11 bits per heavy atom. The van der Waals surface area contributed by atoms with Gasteiger partial charge in [-0.15, -0.1) is 0 Å². The van der Waals surface area contributed by atoms with E-state index in [0.717, 1.165) is 13.1 Å². The van der Waals surface area contributed by atoms with Crippen molar-refractivity contribution in [2.75, 3.05) is 23.7 Å². The largest absolute Gasteiger partial charge is 0.364 e. The number of likely N-dealkylation sites (N-methyl/N-ethyl adjacent to an activating group) is 1. The first-order valence-corrected chi connectivity index (χ1v) is 7.94. The summed E-state index contributed by atoms with van der Waals surface area (Å²) in [6, 6.07) is 10.7. The van der Waals surface area contributed by atoms with Crippen molar-refractivity contribution in [1.29, 1.82) is 0 Å². The van der Waals surface area contributed by atoms with Crippen LogP contribution in [0.2, 0.25) is 0 Å². The fourth-order valence-corrected chi connectivity index (χ4v) is 4.41. The third-order valence-electron chi connectivity index (χ3n) is 4.15. The lowest BCUT2D eigenvalue weighted by Crippen LogP contribution is -2.61. The van der Waals surface area contributed by atoms with Crippen molar-refractivity contribution in [2.24, 2.45) is 5.73 Å². The summed E-state index contributed by atoms with van der Waals surface area (Å²) in [6.45, 7) is 6.33. The molecular formula is C15H24N2S. The minimum atomic E-state index is 0.124. The summed E-state index contributed by atoms with van der Waals surface area (Å²) in [5.74, 6) is 1.27. The molecular weight excluding hydrogens is 240 g/mol. The van der Waals surface area contributed by atoms with Gasteiger partial charge < -0.3 is 10.6 Å². The van der Waals surface area contributed by atoms with Gasteiger partial charge in [-0.25, -0.2) is 0 Å². The van der Waals surface area contributed by atoms with Crippen molar-refractivity contribution in [3.8, 4) is 0 Å². The topological polar surface area (TPSA) is 29.3 Å². The van der Waals surface area contributed by atoms with Crippen molar-refractivity contribution in [3.05, 3.63) is 30.3 Å². The summed E-state index contributed by atoms with van der Waals surface area (Å²) >= 11 is 2.07. The maximum absolute atomic E-state index is 6.19. The van der Waals surface area contributed by atoms with Crippen molar-refractivity contribution in [3.63, 3.8) is 0 Å². The zero-order valence-corrected chi connectivity index (χ0v) is 12.2. The number of nitrogens with zero attached hydrogens (tertiary/aromatic N) is 1. The second kappa shape index (κ2) is 5.98. The molecule has 18 heavy (non-hydrogen) atoms. The van der Waals surface area contributed by atoms with Gasteiger partial charge in [0.15, 0.2) is 0 Å². The van der Waals surface area contributed by atoms with Crippen LogP contribution >= 0.6 is 11.8 Å². The lowest BCUT2D eigenvalue weighted by molar-refractivity contribution is 0.355. The van der Waals surface area contributed by atoms with Crippen LogP contribution in [0.1, 0.15) is 26.7 Å². The second-order valence-electron chi connectivity index (χ2n) is 5.00. The van der Waals surface area contributed by atoms with E-state index in [1.807, 2.05) is 0 Å². The van der Waals surface area contributed by atoms with Crippen LogP contribution in [0, 0.1) is 0 Å². The molecule has 2 N–H and O–H groups in total. The van der Waals surface area contributed by atoms with Crippen LogP contribution < -0.4 is 10.6 Å². The van der Waals surface area contributed by atoms with Crippen molar-refractivity contribution < 1.29 is 0 Å². The average Bonchev–Trinajstić information content (AvgIpc) is 2.43. The first kappa shape index (κ1) is 13.8. The Morgan fingerprint density at radius 3 is 2.67 bits per heavy atom. The molecule has 0 spiro atoms. The summed E-state index contributed by atoms with van der Waals surface area (Å²) in [6.07, 6.45) is 2.48. The molecule has 0 bridgehead atoms. The minimum Gasteiger partial charge on any atom is -0.364 e. The first-order valence-electron chi connectivity index (χ1n) is 6.89. The highest BCUT2D eigenvalue weighted by atomic mass is 32.2. The van der Waals surface area contributed by atoms with Crippen LogP contribution in [-0.4, -0.2) is 29.6 Å². The highest BCUT2D eigenvalue weighted by Crippen LogP contribution is 2.40. The zero-order chi connectivity index (χ0) is 13.0. The number of para-hydroxylation sites is 1. The quantitative estimate of drug-likeness (QED) is 0.906. The van der Waals surface area contributed by atoms with E-state index < -0.39 is 0 Å². The van der Waals surface area contributed by atoms with Crippen LogP contribution in [0.3, 0.4) is 0 Å². The van der Waals surface area contributed by atoms with Gasteiger partial charge in [0, 0.05) is 24.0 Å². The molecule has 1 aromatic rings. The van der Waals surface area contributed by atoms with Crippen LogP contribution in [0.4, 0.5) is 5.69 Å². The predicted molar refractivity (Wildman–Crippen MR) is 82.4 cm³/mol. The van der Waals surface area contributed by atoms with Crippen molar-refractivity contribution in [1.82, 2.24) is 0 Å². The smallest absolute Gasteiger partial charge is 0.0639 e. The van der Waals surface area contributed by atoms with Gasteiger partial charge in [-0.3, -0.25) is 0 Å². The SMILES string of the molecule is CCN(c1ccccc1)C1(CN)CCCSC1C. The van der Waals surface area contributed by atoms with E-state index in [1.165, 1.54) is 24.3 Å². The monoisotopic (exact) mass is 264 g/mol. The zero-order valence-electron chi connectivity index (χ0n) is 11.4. The molecule has 2 atom stereocenters. The number of nitrogens with two attached hydrogens (primary N) is 1. The van der Waals surface area contributed by atoms with Crippen LogP contribution in [0.5, 0.6) is 0 Å². The molecule has 1 saturated heterocycles. The number of thioether (sulfide) groups is 1. The molecule has 0 aromatic heterocycles. The maximum Gasteiger partial charge on any atom is 0.0639 e. The Morgan fingerprint density at radius 1 is 1.39 bits per heavy atom.